The van der Waals surface area contributed by atoms with Crippen LogP contribution in [0.1, 0.15) is 46.0 Å². The summed E-state index contributed by atoms with van der Waals surface area (Å²) >= 11 is 0. The molecule has 150 valence electrons. The molecule has 26 heavy (non-hydrogen) atoms. The van der Waals surface area contributed by atoms with E-state index in [4.69, 9.17) is 14.2 Å². The summed E-state index contributed by atoms with van der Waals surface area (Å²) in [4.78, 5) is 16.7. The molecule has 0 saturated carbocycles. The van der Waals surface area contributed by atoms with Crippen molar-refractivity contribution in [1.82, 2.24) is 9.80 Å². The van der Waals surface area contributed by atoms with E-state index in [2.05, 4.69) is 18.4 Å². The molecule has 6 heteroatoms. The first-order chi connectivity index (χ1) is 12.6. The molecule has 1 amide bonds. The first-order valence-corrected chi connectivity index (χ1v) is 10.1. The Morgan fingerprint density at radius 2 is 1.62 bits per heavy atom. The smallest absolute Gasteiger partial charge is 0.224 e. The minimum absolute atomic E-state index is 0.181. The van der Waals surface area contributed by atoms with Gasteiger partial charge < -0.3 is 24.0 Å². The lowest BCUT2D eigenvalue weighted by Crippen LogP contribution is -2.44. The molecule has 2 heterocycles. The van der Waals surface area contributed by atoms with Crippen molar-refractivity contribution in [2.45, 2.75) is 58.2 Å². The third-order valence-electron chi connectivity index (χ3n) is 5.20. The lowest BCUT2D eigenvalue weighted by atomic mass is 10.0. The highest BCUT2D eigenvalue weighted by molar-refractivity contribution is 5.76. The lowest BCUT2D eigenvalue weighted by Gasteiger charge is -2.37. The number of amides is 1. The fourth-order valence-electron chi connectivity index (χ4n) is 3.57. The van der Waals surface area contributed by atoms with Crippen molar-refractivity contribution in [2.75, 3.05) is 52.5 Å². The second kappa shape index (κ2) is 11.6. The molecule has 0 radical (unpaired) electrons. The molecule has 0 bridgehead atoms. The van der Waals surface area contributed by atoms with Crippen molar-refractivity contribution in [3.8, 4) is 0 Å². The Bertz CT molecular complexity index is 428. The topological polar surface area (TPSA) is 51.2 Å². The van der Waals surface area contributed by atoms with E-state index < -0.39 is 0 Å². The van der Waals surface area contributed by atoms with Gasteiger partial charge in [-0.3, -0.25) is 4.79 Å². The fourth-order valence-corrected chi connectivity index (χ4v) is 3.57. The third kappa shape index (κ3) is 7.64. The third-order valence-corrected chi connectivity index (χ3v) is 5.20. The number of hydrogen-bond donors (Lipinski definition) is 0. The molecule has 0 aromatic heterocycles. The number of rotatable bonds is 10. The van der Waals surface area contributed by atoms with Gasteiger partial charge in [0, 0.05) is 26.2 Å². The Morgan fingerprint density at radius 3 is 2.19 bits per heavy atom. The van der Waals surface area contributed by atoms with Crippen LogP contribution in [0.3, 0.4) is 0 Å². The lowest BCUT2D eigenvalue weighted by molar-refractivity contribution is -0.136. The van der Waals surface area contributed by atoms with E-state index in [9.17, 15) is 4.79 Å². The number of allylic oxidation sites excluding steroid dienone is 1. The fraction of sp³-hybridized carbons (Fsp3) is 0.850. The standard InChI is InChI=1S/C20H36N2O4/c1-4-21-10-5-18(6-11-21)26-19-7-12-22(13-8-19)20(23)9-14-24-15-16-25-17(2)3/h18-19H,2,4-16H2,1,3H3. The van der Waals surface area contributed by atoms with Crippen LogP contribution in [-0.4, -0.2) is 80.5 Å². The van der Waals surface area contributed by atoms with Gasteiger partial charge >= 0.3 is 0 Å². The van der Waals surface area contributed by atoms with Crippen molar-refractivity contribution in [3.05, 3.63) is 12.3 Å². The number of carbonyl (C=O) groups is 1. The van der Waals surface area contributed by atoms with E-state index in [1.165, 1.54) is 0 Å². The molecule has 0 unspecified atom stereocenters. The molecule has 0 aromatic carbocycles. The van der Waals surface area contributed by atoms with E-state index in [0.29, 0.717) is 44.2 Å². The van der Waals surface area contributed by atoms with Crippen molar-refractivity contribution in [3.63, 3.8) is 0 Å². The van der Waals surface area contributed by atoms with E-state index in [1.54, 1.807) is 0 Å². The average molecular weight is 369 g/mol. The molecule has 2 fully saturated rings. The van der Waals surface area contributed by atoms with Crippen LogP contribution in [0.2, 0.25) is 0 Å². The first kappa shape index (κ1) is 21.2. The monoisotopic (exact) mass is 368 g/mol. The summed E-state index contributed by atoms with van der Waals surface area (Å²) in [5.41, 5.74) is 0. The van der Waals surface area contributed by atoms with Gasteiger partial charge in [-0.2, -0.15) is 0 Å². The minimum Gasteiger partial charge on any atom is -0.496 e. The van der Waals surface area contributed by atoms with Crippen molar-refractivity contribution in [2.24, 2.45) is 0 Å². The summed E-state index contributed by atoms with van der Waals surface area (Å²) in [6.45, 7) is 14.2. The molecule has 0 aliphatic carbocycles. The van der Waals surface area contributed by atoms with Crippen molar-refractivity contribution < 1.29 is 19.0 Å². The van der Waals surface area contributed by atoms with Gasteiger partial charge in [0.25, 0.3) is 0 Å². The van der Waals surface area contributed by atoms with Crippen LogP contribution in [-0.2, 0) is 19.0 Å². The van der Waals surface area contributed by atoms with Gasteiger partial charge in [-0.05, 0) is 39.2 Å². The van der Waals surface area contributed by atoms with Crippen LogP contribution in [0.4, 0.5) is 0 Å². The van der Waals surface area contributed by atoms with Crippen LogP contribution in [0, 0.1) is 0 Å². The maximum atomic E-state index is 12.3. The molecule has 2 aliphatic heterocycles. The Kier molecular flexibility index (Phi) is 9.43. The van der Waals surface area contributed by atoms with E-state index in [0.717, 1.165) is 58.4 Å². The maximum Gasteiger partial charge on any atom is 0.224 e. The second-order valence-corrected chi connectivity index (χ2v) is 7.26. The van der Waals surface area contributed by atoms with Crippen molar-refractivity contribution >= 4 is 5.91 Å². The molecule has 2 rings (SSSR count). The average Bonchev–Trinajstić information content (AvgIpc) is 2.65. The van der Waals surface area contributed by atoms with Crippen LogP contribution < -0.4 is 0 Å². The largest absolute Gasteiger partial charge is 0.496 e. The highest BCUT2D eigenvalue weighted by Crippen LogP contribution is 2.21. The van der Waals surface area contributed by atoms with Gasteiger partial charge in [0.05, 0.1) is 37.6 Å². The van der Waals surface area contributed by atoms with Gasteiger partial charge in [0.2, 0.25) is 5.91 Å². The molecule has 2 saturated heterocycles. The SMILES string of the molecule is C=C(C)OCCOCCC(=O)N1CCC(OC2CCN(CC)CC2)CC1. The number of likely N-dealkylation sites (tertiary alicyclic amines) is 2. The molecular formula is C20H36N2O4. The van der Waals surface area contributed by atoms with Crippen molar-refractivity contribution in [1.29, 1.82) is 0 Å². The number of piperidine rings is 2. The van der Waals surface area contributed by atoms with Gasteiger partial charge in [-0.15, -0.1) is 0 Å². The summed E-state index contributed by atoms with van der Waals surface area (Å²) in [7, 11) is 0. The Labute approximate surface area is 158 Å². The molecule has 0 spiro atoms. The zero-order valence-corrected chi connectivity index (χ0v) is 16.6. The number of ether oxygens (including phenoxy) is 3. The molecule has 0 atom stereocenters. The predicted octanol–water partition coefficient (Wildman–Crippen LogP) is 2.44. The molecule has 0 aromatic rings. The summed E-state index contributed by atoms with van der Waals surface area (Å²) in [6, 6.07) is 0. The number of nitrogens with zero attached hydrogens (tertiary/aromatic N) is 2. The van der Waals surface area contributed by atoms with Crippen LogP contribution in [0.5, 0.6) is 0 Å². The van der Waals surface area contributed by atoms with Crippen LogP contribution >= 0.6 is 0 Å². The Morgan fingerprint density at radius 1 is 1.00 bits per heavy atom. The van der Waals surface area contributed by atoms with Gasteiger partial charge in [0.1, 0.15) is 6.61 Å². The normalized spacial score (nSPS) is 20.3. The van der Waals surface area contributed by atoms with Gasteiger partial charge in [-0.1, -0.05) is 13.5 Å². The second-order valence-electron chi connectivity index (χ2n) is 7.26. The quantitative estimate of drug-likeness (QED) is 0.438. The summed E-state index contributed by atoms with van der Waals surface area (Å²) < 4.78 is 17.0. The zero-order valence-electron chi connectivity index (χ0n) is 16.6. The van der Waals surface area contributed by atoms with E-state index >= 15 is 0 Å². The first-order valence-electron chi connectivity index (χ1n) is 10.1. The molecule has 0 N–H and O–H groups in total. The van der Waals surface area contributed by atoms with E-state index in [-0.39, 0.29) is 5.91 Å². The van der Waals surface area contributed by atoms with Gasteiger partial charge in [0.15, 0.2) is 0 Å². The molecular weight excluding hydrogens is 332 g/mol. The van der Waals surface area contributed by atoms with E-state index in [1.807, 2.05) is 11.8 Å². The summed E-state index contributed by atoms with van der Waals surface area (Å²) in [5, 5.41) is 0. The van der Waals surface area contributed by atoms with Gasteiger partial charge in [-0.25, -0.2) is 0 Å². The minimum atomic E-state index is 0.181. The summed E-state index contributed by atoms with van der Waals surface area (Å²) in [5.74, 6) is 0.867. The number of hydrogen-bond acceptors (Lipinski definition) is 5. The Balaban J connectivity index is 1.53. The Hall–Kier alpha value is -1.11. The van der Waals surface area contributed by atoms with Crippen LogP contribution in [0.25, 0.3) is 0 Å². The highest BCUT2D eigenvalue weighted by atomic mass is 16.5. The van der Waals surface area contributed by atoms with Crippen LogP contribution in [0.15, 0.2) is 12.3 Å². The summed E-state index contributed by atoms with van der Waals surface area (Å²) in [6.07, 6.45) is 5.33. The zero-order chi connectivity index (χ0) is 18.8. The predicted molar refractivity (Wildman–Crippen MR) is 102 cm³/mol. The highest BCUT2D eigenvalue weighted by Gasteiger charge is 2.27. The maximum absolute atomic E-state index is 12.3. The molecule has 6 nitrogen and oxygen atoms in total. The number of carbonyl (C=O) groups excluding carboxylic acids is 1. The molecule has 2 aliphatic rings.